The number of nitrogens with one attached hydrogen (secondary N) is 1. The third-order valence-corrected chi connectivity index (χ3v) is 3.23. The quantitative estimate of drug-likeness (QED) is 0.816. The Kier molecular flexibility index (Phi) is 3.64. The van der Waals surface area contributed by atoms with Crippen molar-refractivity contribution in [2.24, 2.45) is 11.7 Å². The van der Waals surface area contributed by atoms with Gasteiger partial charge in [-0.1, -0.05) is 0 Å². The molecule has 1 aromatic heterocycles. The number of aromatic nitrogens is 2. The third-order valence-electron chi connectivity index (χ3n) is 3.23. The number of primary amides is 1. The van der Waals surface area contributed by atoms with Gasteiger partial charge in [0.25, 0.3) is 0 Å². The van der Waals surface area contributed by atoms with Crippen molar-refractivity contribution < 1.29 is 4.79 Å². The summed E-state index contributed by atoms with van der Waals surface area (Å²) in [5.41, 5.74) is 5.38. The number of nitrogens with zero attached hydrogens (tertiary/aromatic N) is 3. The van der Waals surface area contributed by atoms with E-state index in [1.807, 2.05) is 20.0 Å². The summed E-state index contributed by atoms with van der Waals surface area (Å²) in [5.74, 6) is 2.07. The summed E-state index contributed by atoms with van der Waals surface area (Å²) >= 11 is 0. The van der Waals surface area contributed by atoms with Crippen molar-refractivity contribution in [1.82, 2.24) is 9.97 Å². The SMILES string of the molecule is CNc1cc(N2CCCC(C(N)=O)C2)nc(C)n1. The van der Waals surface area contributed by atoms with Gasteiger partial charge < -0.3 is 16.0 Å². The van der Waals surface area contributed by atoms with E-state index in [0.717, 1.165) is 36.8 Å². The van der Waals surface area contributed by atoms with Crippen LogP contribution in [0.5, 0.6) is 0 Å². The van der Waals surface area contributed by atoms with Gasteiger partial charge in [0, 0.05) is 26.2 Å². The van der Waals surface area contributed by atoms with Crippen LogP contribution in [0.2, 0.25) is 0 Å². The average Bonchev–Trinajstić information content (AvgIpc) is 2.38. The van der Waals surface area contributed by atoms with Crippen LogP contribution in [-0.4, -0.2) is 36.0 Å². The molecule has 1 amide bonds. The molecule has 0 spiro atoms. The summed E-state index contributed by atoms with van der Waals surface area (Å²) < 4.78 is 0. The van der Waals surface area contributed by atoms with Gasteiger partial charge in [0.05, 0.1) is 5.92 Å². The molecule has 1 aliphatic rings. The van der Waals surface area contributed by atoms with Gasteiger partial charge in [0.15, 0.2) is 0 Å². The normalized spacial score (nSPS) is 19.7. The molecule has 6 nitrogen and oxygen atoms in total. The fraction of sp³-hybridized carbons (Fsp3) is 0.583. The number of amides is 1. The van der Waals surface area contributed by atoms with Gasteiger partial charge >= 0.3 is 0 Å². The molecule has 18 heavy (non-hydrogen) atoms. The standard InChI is InChI=1S/C12H19N5O/c1-8-15-10(14-2)6-11(16-8)17-5-3-4-9(7-17)12(13)18/h6,9H,3-5,7H2,1-2H3,(H2,13,18)(H,14,15,16). The topological polar surface area (TPSA) is 84.1 Å². The minimum atomic E-state index is -0.223. The predicted octanol–water partition coefficient (Wildman–Crippen LogP) is 0.528. The second kappa shape index (κ2) is 5.20. The minimum absolute atomic E-state index is 0.0768. The Morgan fingerprint density at radius 1 is 1.56 bits per heavy atom. The molecule has 1 unspecified atom stereocenters. The van der Waals surface area contributed by atoms with E-state index in [2.05, 4.69) is 20.2 Å². The summed E-state index contributed by atoms with van der Waals surface area (Å²) in [5, 5.41) is 3.01. The lowest BCUT2D eigenvalue weighted by atomic mass is 9.97. The molecule has 1 saturated heterocycles. The first-order chi connectivity index (χ1) is 8.60. The van der Waals surface area contributed by atoms with Gasteiger partial charge in [-0.2, -0.15) is 0 Å². The second-order valence-electron chi connectivity index (χ2n) is 4.60. The zero-order chi connectivity index (χ0) is 13.1. The van der Waals surface area contributed by atoms with Crippen molar-refractivity contribution in [2.75, 3.05) is 30.4 Å². The lowest BCUT2D eigenvalue weighted by molar-refractivity contribution is -0.122. The average molecular weight is 249 g/mol. The van der Waals surface area contributed by atoms with Crippen LogP contribution in [0.4, 0.5) is 11.6 Å². The molecule has 1 atom stereocenters. The molecule has 2 heterocycles. The lowest BCUT2D eigenvalue weighted by Crippen LogP contribution is -2.41. The zero-order valence-electron chi connectivity index (χ0n) is 10.8. The maximum Gasteiger partial charge on any atom is 0.222 e. The second-order valence-corrected chi connectivity index (χ2v) is 4.60. The molecular formula is C12H19N5O. The molecule has 0 radical (unpaired) electrons. The maximum atomic E-state index is 11.3. The highest BCUT2D eigenvalue weighted by atomic mass is 16.1. The number of nitrogens with two attached hydrogens (primary N) is 1. The highest BCUT2D eigenvalue weighted by Gasteiger charge is 2.25. The molecule has 2 rings (SSSR count). The Morgan fingerprint density at radius 3 is 3.00 bits per heavy atom. The predicted molar refractivity (Wildman–Crippen MR) is 70.4 cm³/mol. The van der Waals surface area contributed by atoms with Crippen molar-refractivity contribution in [1.29, 1.82) is 0 Å². The third kappa shape index (κ3) is 2.69. The van der Waals surface area contributed by atoms with E-state index < -0.39 is 0 Å². The monoisotopic (exact) mass is 249 g/mol. The van der Waals surface area contributed by atoms with E-state index in [0.29, 0.717) is 6.54 Å². The number of carbonyl (C=O) groups is 1. The first kappa shape index (κ1) is 12.6. The van der Waals surface area contributed by atoms with E-state index in [4.69, 9.17) is 5.73 Å². The van der Waals surface area contributed by atoms with Gasteiger partial charge in [-0.15, -0.1) is 0 Å². The zero-order valence-corrected chi connectivity index (χ0v) is 10.8. The van der Waals surface area contributed by atoms with E-state index in [1.54, 1.807) is 0 Å². The van der Waals surface area contributed by atoms with Crippen LogP contribution in [0.3, 0.4) is 0 Å². The summed E-state index contributed by atoms with van der Waals surface area (Å²) in [6.07, 6.45) is 1.83. The van der Waals surface area contributed by atoms with Gasteiger partial charge in [-0.3, -0.25) is 4.79 Å². The fourth-order valence-electron chi connectivity index (χ4n) is 2.26. The van der Waals surface area contributed by atoms with Gasteiger partial charge in [0.2, 0.25) is 5.91 Å². The molecule has 0 aliphatic carbocycles. The summed E-state index contributed by atoms with van der Waals surface area (Å²) in [4.78, 5) is 22.1. The number of hydrogen-bond donors (Lipinski definition) is 2. The van der Waals surface area contributed by atoms with E-state index >= 15 is 0 Å². The van der Waals surface area contributed by atoms with Gasteiger partial charge in [0.1, 0.15) is 17.5 Å². The highest BCUT2D eigenvalue weighted by Crippen LogP contribution is 2.23. The Hall–Kier alpha value is -1.85. The Bertz CT molecular complexity index is 448. The number of rotatable bonds is 3. The van der Waals surface area contributed by atoms with E-state index in [1.165, 1.54) is 0 Å². The molecule has 3 N–H and O–H groups in total. The molecule has 0 bridgehead atoms. The van der Waals surface area contributed by atoms with Crippen molar-refractivity contribution in [3.05, 3.63) is 11.9 Å². The summed E-state index contributed by atoms with van der Waals surface area (Å²) in [7, 11) is 1.83. The molecular weight excluding hydrogens is 230 g/mol. The number of carbonyl (C=O) groups excluding carboxylic acids is 1. The maximum absolute atomic E-state index is 11.3. The van der Waals surface area contributed by atoms with Crippen molar-refractivity contribution >= 4 is 17.5 Å². The molecule has 0 aromatic carbocycles. The molecule has 98 valence electrons. The van der Waals surface area contributed by atoms with Crippen LogP contribution in [0.1, 0.15) is 18.7 Å². The largest absolute Gasteiger partial charge is 0.373 e. The van der Waals surface area contributed by atoms with Crippen molar-refractivity contribution in [3.63, 3.8) is 0 Å². The molecule has 1 aromatic rings. The first-order valence-corrected chi connectivity index (χ1v) is 6.18. The molecule has 1 fully saturated rings. The summed E-state index contributed by atoms with van der Waals surface area (Å²) in [6, 6.07) is 1.90. The first-order valence-electron chi connectivity index (χ1n) is 6.18. The summed E-state index contributed by atoms with van der Waals surface area (Å²) in [6.45, 7) is 3.41. The van der Waals surface area contributed by atoms with Crippen LogP contribution in [-0.2, 0) is 4.79 Å². The smallest absolute Gasteiger partial charge is 0.222 e. The highest BCUT2D eigenvalue weighted by molar-refractivity contribution is 5.77. The van der Waals surface area contributed by atoms with Gasteiger partial charge in [-0.05, 0) is 19.8 Å². The lowest BCUT2D eigenvalue weighted by Gasteiger charge is -2.32. The molecule has 6 heteroatoms. The van der Waals surface area contributed by atoms with E-state index in [9.17, 15) is 4.79 Å². The minimum Gasteiger partial charge on any atom is -0.373 e. The van der Waals surface area contributed by atoms with Crippen LogP contribution in [0, 0.1) is 12.8 Å². The number of piperidine rings is 1. The van der Waals surface area contributed by atoms with Crippen LogP contribution < -0.4 is 16.0 Å². The van der Waals surface area contributed by atoms with Crippen LogP contribution in [0.25, 0.3) is 0 Å². The number of hydrogen-bond acceptors (Lipinski definition) is 5. The number of anilines is 2. The molecule has 0 saturated carbocycles. The van der Waals surface area contributed by atoms with Crippen molar-refractivity contribution in [3.8, 4) is 0 Å². The number of aryl methyl sites for hydroxylation is 1. The Balaban J connectivity index is 2.20. The van der Waals surface area contributed by atoms with Crippen LogP contribution in [0.15, 0.2) is 6.07 Å². The Morgan fingerprint density at radius 2 is 2.33 bits per heavy atom. The van der Waals surface area contributed by atoms with Gasteiger partial charge in [-0.25, -0.2) is 9.97 Å². The van der Waals surface area contributed by atoms with E-state index in [-0.39, 0.29) is 11.8 Å². The fourth-order valence-corrected chi connectivity index (χ4v) is 2.26. The van der Waals surface area contributed by atoms with Crippen LogP contribution >= 0.6 is 0 Å². The molecule has 1 aliphatic heterocycles. The Labute approximate surface area is 107 Å². The van der Waals surface area contributed by atoms with Crippen molar-refractivity contribution in [2.45, 2.75) is 19.8 Å².